The van der Waals surface area contributed by atoms with E-state index in [1.807, 2.05) is 22.7 Å². The van der Waals surface area contributed by atoms with Crippen LogP contribution >= 0.6 is 22.7 Å². The number of hydrogen-bond donors (Lipinski definition) is 0. The van der Waals surface area contributed by atoms with Gasteiger partial charge < -0.3 is 0 Å². The third-order valence-electron chi connectivity index (χ3n) is 11.4. The highest BCUT2D eigenvalue weighted by Gasteiger charge is 2.18. The second-order valence-corrected chi connectivity index (χ2v) is 16.6. The predicted octanol–water partition coefficient (Wildman–Crippen LogP) is 16.0. The zero-order valence-electron chi connectivity index (χ0n) is 29.1. The minimum absolute atomic E-state index is 1.23. The minimum atomic E-state index is 1.23. The molecule has 0 aliphatic carbocycles. The van der Waals surface area contributed by atoms with Crippen molar-refractivity contribution in [3.63, 3.8) is 0 Å². The summed E-state index contributed by atoms with van der Waals surface area (Å²) in [6, 6.07) is 68.0. The Morgan fingerprint density at radius 2 is 0.704 bits per heavy atom. The van der Waals surface area contributed by atoms with Crippen molar-refractivity contribution in [3.8, 4) is 33.4 Å². The van der Waals surface area contributed by atoms with E-state index in [2.05, 4.69) is 182 Å². The maximum atomic E-state index is 2.43. The normalized spacial score (nSPS) is 12.1. The Kier molecular flexibility index (Phi) is 6.48. The van der Waals surface area contributed by atoms with Gasteiger partial charge in [0.05, 0.1) is 0 Å². The lowest BCUT2D eigenvalue weighted by Crippen LogP contribution is -1.91. The van der Waals surface area contributed by atoms with E-state index in [0.29, 0.717) is 0 Å². The molecule has 0 N–H and O–H groups in total. The fraction of sp³-hybridized carbons (Fsp3) is 0. The number of thiophene rings is 2. The summed E-state index contributed by atoms with van der Waals surface area (Å²) in [7, 11) is 0. The van der Waals surface area contributed by atoms with Gasteiger partial charge in [0.1, 0.15) is 0 Å². The van der Waals surface area contributed by atoms with Crippen LogP contribution in [0, 0.1) is 0 Å². The van der Waals surface area contributed by atoms with Crippen molar-refractivity contribution < 1.29 is 0 Å². The Morgan fingerprint density at radius 3 is 1.46 bits per heavy atom. The van der Waals surface area contributed by atoms with Gasteiger partial charge in [-0.05, 0) is 125 Å². The van der Waals surface area contributed by atoms with Crippen LogP contribution < -0.4 is 0 Å². The number of fused-ring (bicyclic) bond motifs is 10. The van der Waals surface area contributed by atoms with Crippen LogP contribution in [0.15, 0.2) is 182 Å². The van der Waals surface area contributed by atoms with Crippen molar-refractivity contribution >= 4 is 106 Å². The lowest BCUT2D eigenvalue weighted by molar-refractivity contribution is 1.63. The molecule has 12 aromatic rings. The summed E-state index contributed by atoms with van der Waals surface area (Å²) in [5.74, 6) is 0. The third kappa shape index (κ3) is 4.54. The quantitative estimate of drug-likeness (QED) is 0.160. The molecule has 10 aromatic carbocycles. The molecule has 0 radical (unpaired) electrons. The van der Waals surface area contributed by atoms with E-state index >= 15 is 0 Å². The Morgan fingerprint density at radius 1 is 0.222 bits per heavy atom. The first kappa shape index (κ1) is 30.2. The van der Waals surface area contributed by atoms with Crippen LogP contribution in [0.5, 0.6) is 0 Å². The molecule has 2 heteroatoms. The molecule has 0 atom stereocenters. The Bertz CT molecular complexity index is 3450. The summed E-state index contributed by atoms with van der Waals surface area (Å²) in [6.07, 6.45) is 0. The zero-order chi connectivity index (χ0) is 35.3. The molecular formula is C52H30S2. The van der Waals surface area contributed by atoms with E-state index in [1.54, 1.807) is 0 Å². The average Bonchev–Trinajstić information content (AvgIpc) is 3.77. The van der Waals surface area contributed by atoms with E-state index in [-0.39, 0.29) is 0 Å². The van der Waals surface area contributed by atoms with Gasteiger partial charge in [-0.1, -0.05) is 133 Å². The van der Waals surface area contributed by atoms with Crippen molar-refractivity contribution in [2.24, 2.45) is 0 Å². The molecule has 0 bridgehead atoms. The predicted molar refractivity (Wildman–Crippen MR) is 239 cm³/mol. The maximum absolute atomic E-state index is 2.43. The maximum Gasteiger partial charge on any atom is 0.0369 e. The van der Waals surface area contributed by atoms with Crippen molar-refractivity contribution in [1.82, 2.24) is 0 Å². The van der Waals surface area contributed by atoms with Gasteiger partial charge in [-0.25, -0.2) is 0 Å². The van der Waals surface area contributed by atoms with Gasteiger partial charge in [0.25, 0.3) is 0 Å². The standard InChI is InChI=1S/C52H30S2/c1-2-11-32-24-37(23-20-31(32)10-1)52-42-17-5-3-15-40(42)51(41-16-4-6-18-43(41)52)36-13-9-12-33(25-36)34-21-22-35-27-44-46-29-45-39-14-7-8-19-47(39)53-49(45)30-50(46)54-48(44)28-38(35)26-34/h1-30H. The van der Waals surface area contributed by atoms with Crippen LogP contribution in [-0.4, -0.2) is 0 Å². The summed E-state index contributed by atoms with van der Waals surface area (Å²) in [6.45, 7) is 0. The number of hydrogen-bond acceptors (Lipinski definition) is 2. The summed E-state index contributed by atoms with van der Waals surface area (Å²) in [4.78, 5) is 0. The van der Waals surface area contributed by atoms with Gasteiger partial charge in [0, 0.05) is 40.3 Å². The van der Waals surface area contributed by atoms with Crippen molar-refractivity contribution in [1.29, 1.82) is 0 Å². The highest BCUT2D eigenvalue weighted by atomic mass is 32.1. The summed E-state index contributed by atoms with van der Waals surface area (Å²) < 4.78 is 5.43. The molecule has 0 aliphatic rings. The lowest BCUT2D eigenvalue weighted by Gasteiger charge is -2.18. The van der Waals surface area contributed by atoms with E-state index in [9.17, 15) is 0 Å². The molecule has 0 amide bonds. The van der Waals surface area contributed by atoms with Crippen molar-refractivity contribution in [2.75, 3.05) is 0 Å². The van der Waals surface area contributed by atoms with Gasteiger partial charge in [0.2, 0.25) is 0 Å². The molecule has 0 aliphatic heterocycles. The van der Waals surface area contributed by atoms with E-state index in [0.717, 1.165) is 0 Å². The van der Waals surface area contributed by atoms with Gasteiger partial charge in [-0.2, -0.15) is 0 Å². The molecule has 250 valence electrons. The summed E-state index contributed by atoms with van der Waals surface area (Å²) in [5.41, 5.74) is 7.52. The van der Waals surface area contributed by atoms with Crippen LogP contribution in [0.25, 0.3) is 117 Å². The van der Waals surface area contributed by atoms with Gasteiger partial charge in [-0.15, -0.1) is 22.7 Å². The third-order valence-corrected chi connectivity index (χ3v) is 13.6. The van der Waals surface area contributed by atoms with Gasteiger partial charge >= 0.3 is 0 Å². The molecule has 0 fully saturated rings. The van der Waals surface area contributed by atoms with Gasteiger partial charge in [-0.3, -0.25) is 0 Å². The second-order valence-electron chi connectivity index (χ2n) is 14.4. The molecule has 54 heavy (non-hydrogen) atoms. The molecule has 2 heterocycles. The van der Waals surface area contributed by atoms with Crippen LogP contribution in [0.2, 0.25) is 0 Å². The fourth-order valence-corrected chi connectivity index (χ4v) is 11.2. The zero-order valence-corrected chi connectivity index (χ0v) is 30.8. The Labute approximate surface area is 319 Å². The number of benzene rings is 10. The Balaban J connectivity index is 1.01. The Hall–Kier alpha value is -6.32. The molecule has 12 rings (SSSR count). The summed E-state index contributed by atoms with van der Waals surface area (Å²) in [5, 5.41) is 15.6. The monoisotopic (exact) mass is 718 g/mol. The van der Waals surface area contributed by atoms with E-state index in [4.69, 9.17) is 0 Å². The lowest BCUT2D eigenvalue weighted by atomic mass is 9.85. The first-order chi connectivity index (χ1) is 26.7. The molecular weight excluding hydrogens is 689 g/mol. The van der Waals surface area contributed by atoms with Crippen LogP contribution in [0.4, 0.5) is 0 Å². The minimum Gasteiger partial charge on any atom is -0.135 e. The number of rotatable bonds is 3. The summed E-state index contributed by atoms with van der Waals surface area (Å²) >= 11 is 3.81. The molecule has 0 spiro atoms. The molecule has 0 nitrogen and oxygen atoms in total. The first-order valence-corrected chi connectivity index (χ1v) is 20.1. The van der Waals surface area contributed by atoms with Crippen LogP contribution in [-0.2, 0) is 0 Å². The first-order valence-electron chi connectivity index (χ1n) is 18.5. The molecule has 2 aromatic heterocycles. The van der Waals surface area contributed by atoms with Gasteiger partial charge in [0.15, 0.2) is 0 Å². The van der Waals surface area contributed by atoms with Crippen LogP contribution in [0.1, 0.15) is 0 Å². The molecule has 0 unspecified atom stereocenters. The molecule has 0 saturated heterocycles. The average molecular weight is 719 g/mol. The fourth-order valence-electron chi connectivity index (χ4n) is 8.87. The highest BCUT2D eigenvalue weighted by molar-refractivity contribution is 7.28. The largest absolute Gasteiger partial charge is 0.135 e. The van der Waals surface area contributed by atoms with E-state index in [1.165, 1.54) is 117 Å². The van der Waals surface area contributed by atoms with Crippen molar-refractivity contribution in [2.45, 2.75) is 0 Å². The molecule has 0 saturated carbocycles. The van der Waals surface area contributed by atoms with Crippen LogP contribution in [0.3, 0.4) is 0 Å². The topological polar surface area (TPSA) is 0 Å². The SMILES string of the molecule is c1cc(-c2ccc3cc4c(cc3c2)sc2cc3sc5ccccc5c3cc24)cc(-c2c3ccccc3c(-c3ccc4ccccc4c3)c3ccccc23)c1. The van der Waals surface area contributed by atoms with E-state index < -0.39 is 0 Å². The highest BCUT2D eigenvalue weighted by Crippen LogP contribution is 2.46. The second kappa shape index (κ2) is 11.6. The smallest absolute Gasteiger partial charge is 0.0369 e. The van der Waals surface area contributed by atoms with Crippen molar-refractivity contribution in [3.05, 3.63) is 182 Å².